The van der Waals surface area contributed by atoms with Crippen LogP contribution in [0.25, 0.3) is 0 Å². The van der Waals surface area contributed by atoms with Gasteiger partial charge in [0.25, 0.3) is 5.91 Å². The van der Waals surface area contributed by atoms with Crippen LogP contribution in [0.15, 0.2) is 42.5 Å². The van der Waals surface area contributed by atoms with Gasteiger partial charge in [-0.15, -0.1) is 0 Å². The predicted octanol–water partition coefficient (Wildman–Crippen LogP) is 3.04. The number of carbonyl (C=O) groups is 2. The molecular formula is C20H22F2N2O3. The normalized spacial score (nSPS) is 11.8. The smallest absolute Gasteiger partial charge is 0.257 e. The van der Waals surface area contributed by atoms with E-state index in [-0.39, 0.29) is 12.5 Å². The Morgan fingerprint density at radius 1 is 1.07 bits per heavy atom. The third-order valence-corrected chi connectivity index (χ3v) is 4.03. The average molecular weight is 376 g/mol. The molecule has 0 aliphatic heterocycles. The van der Waals surface area contributed by atoms with Crippen LogP contribution in [0.5, 0.6) is 5.75 Å². The highest BCUT2D eigenvalue weighted by molar-refractivity contribution is 5.98. The molecule has 1 atom stereocenters. The van der Waals surface area contributed by atoms with Gasteiger partial charge >= 0.3 is 0 Å². The van der Waals surface area contributed by atoms with Crippen molar-refractivity contribution in [1.29, 1.82) is 0 Å². The van der Waals surface area contributed by atoms with Gasteiger partial charge in [-0.3, -0.25) is 9.59 Å². The number of hydrogen-bond donors (Lipinski definition) is 2. The standard InChI is InChI=1S/C20H22F2N2O3/c1-12(2)18(24-19(25)17-15(21)8-5-9-16(17)22)20(26)23-11-13-6-4-7-14(10-13)27-3/h4-10,12,18H,11H2,1-3H3,(H,23,26)(H,24,25)/t18-/m0/s1. The first-order valence-corrected chi connectivity index (χ1v) is 8.49. The van der Waals surface area contributed by atoms with Crippen LogP contribution < -0.4 is 15.4 Å². The SMILES string of the molecule is COc1cccc(CNC(=O)[C@@H](NC(=O)c2c(F)cccc2F)C(C)C)c1. The topological polar surface area (TPSA) is 67.4 Å². The molecule has 0 saturated heterocycles. The molecule has 2 N–H and O–H groups in total. The zero-order valence-electron chi connectivity index (χ0n) is 15.4. The van der Waals surface area contributed by atoms with Crippen LogP contribution >= 0.6 is 0 Å². The van der Waals surface area contributed by atoms with E-state index in [0.717, 1.165) is 17.7 Å². The second-order valence-electron chi connectivity index (χ2n) is 6.36. The Morgan fingerprint density at radius 3 is 2.30 bits per heavy atom. The van der Waals surface area contributed by atoms with Crippen molar-refractivity contribution in [2.75, 3.05) is 7.11 Å². The number of ether oxygens (including phenoxy) is 1. The van der Waals surface area contributed by atoms with Crippen LogP contribution in [0.1, 0.15) is 29.8 Å². The highest BCUT2D eigenvalue weighted by Gasteiger charge is 2.27. The van der Waals surface area contributed by atoms with E-state index in [0.29, 0.717) is 5.75 Å². The number of rotatable bonds is 7. The maximum atomic E-state index is 13.8. The summed E-state index contributed by atoms with van der Waals surface area (Å²) in [4.78, 5) is 24.8. The fourth-order valence-electron chi connectivity index (χ4n) is 2.54. The minimum atomic E-state index is -0.980. The van der Waals surface area contributed by atoms with Gasteiger partial charge in [0.15, 0.2) is 0 Å². The Labute approximate surface area is 156 Å². The molecule has 5 nitrogen and oxygen atoms in total. The fourth-order valence-corrected chi connectivity index (χ4v) is 2.54. The van der Waals surface area contributed by atoms with E-state index in [1.54, 1.807) is 39.2 Å². The molecule has 0 fully saturated rings. The van der Waals surface area contributed by atoms with Gasteiger partial charge in [-0.05, 0) is 35.7 Å². The Balaban J connectivity index is 2.07. The second-order valence-corrected chi connectivity index (χ2v) is 6.36. The van der Waals surface area contributed by atoms with Crippen molar-refractivity contribution in [3.8, 4) is 5.75 Å². The van der Waals surface area contributed by atoms with Gasteiger partial charge in [0.1, 0.15) is 29.0 Å². The van der Waals surface area contributed by atoms with Crippen molar-refractivity contribution >= 4 is 11.8 Å². The summed E-state index contributed by atoms with van der Waals surface area (Å²) in [5.74, 6) is -3.00. The maximum absolute atomic E-state index is 13.8. The number of methoxy groups -OCH3 is 1. The summed E-state index contributed by atoms with van der Waals surface area (Å²) in [6.45, 7) is 3.69. The van der Waals surface area contributed by atoms with Crippen LogP contribution in [0.2, 0.25) is 0 Å². The lowest BCUT2D eigenvalue weighted by Gasteiger charge is -2.22. The van der Waals surface area contributed by atoms with Crippen LogP contribution in [-0.4, -0.2) is 25.0 Å². The van der Waals surface area contributed by atoms with E-state index in [1.807, 2.05) is 6.07 Å². The van der Waals surface area contributed by atoms with E-state index < -0.39 is 35.1 Å². The number of benzene rings is 2. The largest absolute Gasteiger partial charge is 0.497 e. The molecular weight excluding hydrogens is 354 g/mol. The third kappa shape index (κ3) is 5.26. The third-order valence-electron chi connectivity index (χ3n) is 4.03. The molecule has 2 rings (SSSR count). The van der Waals surface area contributed by atoms with Gasteiger partial charge < -0.3 is 15.4 Å². The molecule has 0 bridgehead atoms. The van der Waals surface area contributed by atoms with Crippen molar-refractivity contribution in [3.05, 3.63) is 65.2 Å². The van der Waals surface area contributed by atoms with Gasteiger partial charge in [-0.2, -0.15) is 0 Å². The number of amides is 2. The summed E-state index contributed by atoms with van der Waals surface area (Å²) >= 11 is 0. The molecule has 0 aliphatic carbocycles. The summed E-state index contributed by atoms with van der Waals surface area (Å²) in [6, 6.07) is 9.38. The Hall–Kier alpha value is -2.96. The van der Waals surface area contributed by atoms with Crippen molar-refractivity contribution < 1.29 is 23.1 Å². The minimum Gasteiger partial charge on any atom is -0.497 e. The van der Waals surface area contributed by atoms with Gasteiger partial charge in [0, 0.05) is 6.54 Å². The Bertz CT molecular complexity index is 804. The van der Waals surface area contributed by atoms with Crippen molar-refractivity contribution in [2.45, 2.75) is 26.4 Å². The molecule has 0 unspecified atom stereocenters. The zero-order chi connectivity index (χ0) is 20.0. The van der Waals surface area contributed by atoms with E-state index in [4.69, 9.17) is 4.74 Å². The summed E-state index contributed by atoms with van der Waals surface area (Å²) in [5, 5.41) is 5.14. The average Bonchev–Trinajstić information content (AvgIpc) is 2.64. The summed E-state index contributed by atoms with van der Waals surface area (Å²) in [7, 11) is 1.55. The van der Waals surface area contributed by atoms with Crippen molar-refractivity contribution in [1.82, 2.24) is 10.6 Å². The lowest BCUT2D eigenvalue weighted by molar-refractivity contribution is -0.124. The van der Waals surface area contributed by atoms with Gasteiger partial charge in [-0.1, -0.05) is 32.0 Å². The quantitative estimate of drug-likeness (QED) is 0.781. The highest BCUT2D eigenvalue weighted by Crippen LogP contribution is 2.14. The molecule has 0 spiro atoms. The molecule has 7 heteroatoms. The van der Waals surface area contributed by atoms with E-state index in [2.05, 4.69) is 10.6 Å². The van der Waals surface area contributed by atoms with Gasteiger partial charge in [0.2, 0.25) is 5.91 Å². The molecule has 2 aromatic carbocycles. The molecule has 27 heavy (non-hydrogen) atoms. The van der Waals surface area contributed by atoms with Crippen LogP contribution in [0, 0.1) is 17.6 Å². The minimum absolute atomic E-state index is 0.225. The van der Waals surface area contributed by atoms with Crippen molar-refractivity contribution in [3.63, 3.8) is 0 Å². The van der Waals surface area contributed by atoms with E-state index >= 15 is 0 Å². The number of hydrogen-bond acceptors (Lipinski definition) is 3. The molecule has 0 aromatic heterocycles. The first kappa shape index (κ1) is 20.4. The first-order valence-electron chi connectivity index (χ1n) is 8.49. The highest BCUT2D eigenvalue weighted by atomic mass is 19.1. The van der Waals surface area contributed by atoms with Crippen LogP contribution in [0.4, 0.5) is 8.78 Å². The molecule has 2 aromatic rings. The monoisotopic (exact) mass is 376 g/mol. The maximum Gasteiger partial charge on any atom is 0.257 e. The molecule has 0 heterocycles. The molecule has 2 amide bonds. The fraction of sp³-hybridized carbons (Fsp3) is 0.300. The number of carbonyl (C=O) groups excluding carboxylic acids is 2. The van der Waals surface area contributed by atoms with Crippen LogP contribution in [-0.2, 0) is 11.3 Å². The number of halogens is 2. The Morgan fingerprint density at radius 2 is 1.70 bits per heavy atom. The summed E-state index contributed by atoms with van der Waals surface area (Å²) < 4.78 is 32.7. The van der Waals surface area contributed by atoms with Crippen LogP contribution in [0.3, 0.4) is 0 Å². The first-order chi connectivity index (χ1) is 12.8. The lowest BCUT2D eigenvalue weighted by atomic mass is 10.0. The Kier molecular flexibility index (Phi) is 6.87. The molecule has 0 aliphatic rings. The zero-order valence-corrected chi connectivity index (χ0v) is 15.4. The predicted molar refractivity (Wildman–Crippen MR) is 97.3 cm³/mol. The van der Waals surface area contributed by atoms with Gasteiger partial charge in [0.05, 0.1) is 7.11 Å². The van der Waals surface area contributed by atoms with Crippen molar-refractivity contribution in [2.24, 2.45) is 5.92 Å². The summed E-state index contributed by atoms with van der Waals surface area (Å²) in [6.07, 6.45) is 0. The van der Waals surface area contributed by atoms with Gasteiger partial charge in [-0.25, -0.2) is 8.78 Å². The van der Waals surface area contributed by atoms with E-state index in [9.17, 15) is 18.4 Å². The number of nitrogens with one attached hydrogen (secondary N) is 2. The summed E-state index contributed by atoms with van der Waals surface area (Å²) in [5.41, 5.74) is 0.112. The van der Waals surface area contributed by atoms with E-state index in [1.165, 1.54) is 6.07 Å². The molecule has 0 radical (unpaired) electrons. The molecule has 0 saturated carbocycles. The molecule has 144 valence electrons. The second kappa shape index (κ2) is 9.12. The lowest BCUT2D eigenvalue weighted by Crippen LogP contribution is -2.49.